The van der Waals surface area contributed by atoms with Crippen LogP contribution in [0.4, 0.5) is 13.6 Å². The Labute approximate surface area is 181 Å². The van der Waals surface area contributed by atoms with E-state index in [0.29, 0.717) is 24.9 Å². The summed E-state index contributed by atoms with van der Waals surface area (Å²) in [6, 6.07) is 12.0. The van der Waals surface area contributed by atoms with E-state index in [-0.39, 0.29) is 48.6 Å². The lowest BCUT2D eigenvalue weighted by Crippen LogP contribution is -2.50. The summed E-state index contributed by atoms with van der Waals surface area (Å²) in [7, 11) is 0. The number of hydrogen-bond acceptors (Lipinski definition) is 2. The first-order valence-electron chi connectivity index (χ1n) is 10.8. The number of halogens is 2. The molecule has 1 saturated heterocycles. The average molecular weight is 430 g/mol. The minimum atomic E-state index is -0.389. The topological polar surface area (TPSA) is 61.4 Å². The van der Waals surface area contributed by atoms with Gasteiger partial charge in [-0.15, -0.1) is 0 Å². The van der Waals surface area contributed by atoms with Gasteiger partial charge < -0.3 is 15.5 Å². The van der Waals surface area contributed by atoms with Crippen LogP contribution in [0, 0.1) is 17.6 Å². The fourth-order valence-electron chi connectivity index (χ4n) is 3.88. The molecule has 0 aliphatic carbocycles. The van der Waals surface area contributed by atoms with Gasteiger partial charge in [0.15, 0.2) is 0 Å². The number of carbonyl (C=O) groups excluding carboxylic acids is 2. The quantitative estimate of drug-likeness (QED) is 0.635. The van der Waals surface area contributed by atoms with Gasteiger partial charge in [0.1, 0.15) is 11.6 Å². The van der Waals surface area contributed by atoms with Crippen molar-refractivity contribution < 1.29 is 18.4 Å². The van der Waals surface area contributed by atoms with Crippen molar-refractivity contribution in [2.75, 3.05) is 13.1 Å². The molecule has 1 heterocycles. The second kappa shape index (κ2) is 10.9. The molecule has 3 amide bonds. The number of likely N-dealkylation sites (tertiary alicyclic amines) is 1. The van der Waals surface area contributed by atoms with E-state index in [1.54, 1.807) is 35.2 Å². The maximum absolute atomic E-state index is 13.8. The SMILES string of the molecule is CCCCNC(=O)N1CC(C(=O)NCc2ccccc2F)CCC1c1ccc(F)cc1. The molecule has 2 atom stereocenters. The standard InChI is InChI=1S/C24H29F2N3O2/c1-2-3-14-27-24(31)29-16-19(10-13-22(29)17-8-11-20(25)12-9-17)23(30)28-15-18-6-4-5-7-21(18)26/h4-9,11-12,19,22H,2-3,10,13-16H2,1H3,(H,27,31)(H,28,30). The van der Waals surface area contributed by atoms with Crippen LogP contribution in [0.3, 0.4) is 0 Å². The third-order valence-corrected chi connectivity index (χ3v) is 5.69. The molecular formula is C24H29F2N3O2. The molecule has 166 valence electrons. The first-order valence-corrected chi connectivity index (χ1v) is 10.8. The highest BCUT2D eigenvalue weighted by atomic mass is 19.1. The molecule has 1 fully saturated rings. The molecule has 1 aliphatic rings. The first kappa shape index (κ1) is 22.7. The summed E-state index contributed by atoms with van der Waals surface area (Å²) in [4.78, 5) is 27.3. The van der Waals surface area contributed by atoms with Gasteiger partial charge in [-0.3, -0.25) is 4.79 Å². The van der Waals surface area contributed by atoms with Crippen molar-refractivity contribution in [3.63, 3.8) is 0 Å². The number of hydrogen-bond donors (Lipinski definition) is 2. The highest BCUT2D eigenvalue weighted by Crippen LogP contribution is 2.33. The summed E-state index contributed by atoms with van der Waals surface area (Å²) >= 11 is 0. The van der Waals surface area contributed by atoms with Crippen LogP contribution in [-0.4, -0.2) is 29.9 Å². The molecule has 0 aromatic heterocycles. The zero-order valence-corrected chi connectivity index (χ0v) is 17.7. The van der Waals surface area contributed by atoms with Crippen molar-refractivity contribution >= 4 is 11.9 Å². The summed E-state index contributed by atoms with van der Waals surface area (Å²) in [5.74, 6) is -1.28. The largest absolute Gasteiger partial charge is 0.352 e. The summed E-state index contributed by atoms with van der Waals surface area (Å²) in [6.07, 6.45) is 3.00. The van der Waals surface area contributed by atoms with Gasteiger partial charge in [-0.1, -0.05) is 43.7 Å². The van der Waals surface area contributed by atoms with Crippen LogP contribution < -0.4 is 10.6 Å². The summed E-state index contributed by atoms with van der Waals surface area (Å²) in [6.45, 7) is 2.96. The molecule has 0 spiro atoms. The van der Waals surface area contributed by atoms with Gasteiger partial charge in [0, 0.05) is 25.2 Å². The van der Waals surface area contributed by atoms with Gasteiger partial charge in [0.25, 0.3) is 0 Å². The number of nitrogens with one attached hydrogen (secondary N) is 2. The summed E-state index contributed by atoms with van der Waals surface area (Å²) in [5, 5.41) is 5.72. The van der Waals surface area contributed by atoms with Gasteiger partial charge in [0.05, 0.1) is 12.0 Å². The number of urea groups is 1. The van der Waals surface area contributed by atoms with Crippen LogP contribution in [-0.2, 0) is 11.3 Å². The Hall–Kier alpha value is -2.96. The van der Waals surface area contributed by atoms with Gasteiger partial charge >= 0.3 is 6.03 Å². The highest BCUT2D eigenvalue weighted by molar-refractivity contribution is 5.81. The smallest absolute Gasteiger partial charge is 0.317 e. The van der Waals surface area contributed by atoms with E-state index in [1.165, 1.54) is 18.2 Å². The predicted molar refractivity (Wildman–Crippen MR) is 115 cm³/mol. The number of piperidine rings is 1. The Bertz CT molecular complexity index is 889. The Morgan fingerprint density at radius 3 is 2.48 bits per heavy atom. The van der Waals surface area contributed by atoms with Crippen molar-refractivity contribution in [1.82, 2.24) is 15.5 Å². The van der Waals surface area contributed by atoms with Crippen LogP contribution in [0.2, 0.25) is 0 Å². The molecule has 0 radical (unpaired) electrons. The Morgan fingerprint density at radius 1 is 1.03 bits per heavy atom. The molecule has 2 N–H and O–H groups in total. The molecule has 31 heavy (non-hydrogen) atoms. The second-order valence-electron chi connectivity index (χ2n) is 7.89. The molecule has 2 unspecified atom stereocenters. The van der Waals surface area contributed by atoms with Crippen molar-refractivity contribution in [1.29, 1.82) is 0 Å². The van der Waals surface area contributed by atoms with Crippen LogP contribution in [0.15, 0.2) is 48.5 Å². The Morgan fingerprint density at radius 2 is 1.77 bits per heavy atom. The van der Waals surface area contributed by atoms with E-state index < -0.39 is 0 Å². The van der Waals surface area contributed by atoms with Crippen molar-refractivity contribution in [2.24, 2.45) is 5.92 Å². The molecule has 0 bridgehead atoms. The molecule has 0 saturated carbocycles. The number of carbonyl (C=O) groups is 2. The third-order valence-electron chi connectivity index (χ3n) is 5.69. The first-order chi connectivity index (χ1) is 15.0. The number of benzene rings is 2. The maximum atomic E-state index is 13.8. The lowest BCUT2D eigenvalue weighted by molar-refractivity contribution is -0.127. The number of rotatable bonds is 7. The summed E-state index contributed by atoms with van der Waals surface area (Å²) in [5.41, 5.74) is 1.27. The predicted octanol–water partition coefficient (Wildman–Crippen LogP) is 4.54. The molecule has 7 heteroatoms. The molecule has 2 aromatic rings. The summed E-state index contributed by atoms with van der Waals surface area (Å²) < 4.78 is 27.2. The fourth-order valence-corrected chi connectivity index (χ4v) is 3.88. The molecule has 1 aliphatic heterocycles. The fraction of sp³-hybridized carbons (Fsp3) is 0.417. The van der Waals surface area contributed by atoms with Crippen LogP contribution in [0.25, 0.3) is 0 Å². The van der Waals surface area contributed by atoms with Crippen molar-refractivity contribution in [2.45, 2.75) is 45.2 Å². The minimum Gasteiger partial charge on any atom is -0.352 e. The van der Waals surface area contributed by atoms with Crippen LogP contribution in [0.5, 0.6) is 0 Å². The number of amides is 3. The van der Waals surface area contributed by atoms with Crippen LogP contribution >= 0.6 is 0 Å². The van der Waals surface area contributed by atoms with Crippen molar-refractivity contribution in [3.8, 4) is 0 Å². The molecular weight excluding hydrogens is 400 g/mol. The normalized spacial score (nSPS) is 18.5. The maximum Gasteiger partial charge on any atom is 0.317 e. The van der Waals surface area contributed by atoms with Gasteiger partial charge in [0.2, 0.25) is 5.91 Å². The van der Waals surface area contributed by atoms with E-state index in [4.69, 9.17) is 0 Å². The third kappa shape index (κ3) is 6.03. The van der Waals surface area contributed by atoms with Gasteiger partial charge in [-0.05, 0) is 43.0 Å². The van der Waals surface area contributed by atoms with E-state index >= 15 is 0 Å². The van der Waals surface area contributed by atoms with Crippen LogP contribution in [0.1, 0.15) is 49.8 Å². The lowest BCUT2D eigenvalue weighted by atomic mass is 9.88. The Balaban J connectivity index is 1.68. The van der Waals surface area contributed by atoms with Crippen molar-refractivity contribution in [3.05, 3.63) is 71.3 Å². The zero-order valence-electron chi connectivity index (χ0n) is 17.7. The van der Waals surface area contributed by atoms with E-state index in [0.717, 1.165) is 18.4 Å². The zero-order chi connectivity index (χ0) is 22.2. The minimum absolute atomic E-state index is 0.103. The van der Waals surface area contributed by atoms with E-state index in [1.807, 2.05) is 6.92 Å². The average Bonchev–Trinajstić information content (AvgIpc) is 2.78. The molecule has 3 rings (SSSR count). The molecule has 2 aromatic carbocycles. The van der Waals surface area contributed by atoms with E-state index in [2.05, 4.69) is 10.6 Å². The lowest BCUT2D eigenvalue weighted by Gasteiger charge is -2.39. The van der Waals surface area contributed by atoms with Gasteiger partial charge in [-0.2, -0.15) is 0 Å². The number of nitrogens with zero attached hydrogens (tertiary/aromatic N) is 1. The Kier molecular flexibility index (Phi) is 7.98. The van der Waals surface area contributed by atoms with Gasteiger partial charge in [-0.25, -0.2) is 13.6 Å². The number of unbranched alkanes of at least 4 members (excludes halogenated alkanes) is 1. The highest BCUT2D eigenvalue weighted by Gasteiger charge is 2.35. The molecule has 5 nitrogen and oxygen atoms in total. The monoisotopic (exact) mass is 429 g/mol. The van der Waals surface area contributed by atoms with E-state index in [9.17, 15) is 18.4 Å². The second-order valence-corrected chi connectivity index (χ2v) is 7.89.